The molecule has 0 spiro atoms. The summed E-state index contributed by atoms with van der Waals surface area (Å²) in [6, 6.07) is 14.8. The lowest BCUT2D eigenvalue weighted by Gasteiger charge is -2.30. The van der Waals surface area contributed by atoms with E-state index in [4.69, 9.17) is 4.74 Å². The average molecular weight is 383 g/mol. The van der Waals surface area contributed by atoms with Crippen LogP contribution in [-0.2, 0) is 16.1 Å². The molecule has 0 aromatic heterocycles. The van der Waals surface area contributed by atoms with Crippen molar-refractivity contribution in [1.82, 2.24) is 10.2 Å². The molecule has 150 valence electrons. The molecule has 2 rings (SSSR count). The lowest BCUT2D eigenvalue weighted by atomic mass is 10.1. The van der Waals surface area contributed by atoms with E-state index in [0.717, 1.165) is 16.7 Å². The standard InChI is InChI=1S/C23H30N2O3/c1-16(2)24-23(27)19(5)25(14-20-12-8-6-10-17(20)3)22(26)15-28-21-13-9-7-11-18(21)4/h6-13,16,19H,14-15H2,1-5H3,(H,24,27). The molecule has 1 N–H and O–H groups in total. The van der Waals surface area contributed by atoms with Crippen molar-refractivity contribution >= 4 is 11.8 Å². The molecule has 0 saturated heterocycles. The average Bonchev–Trinajstić information content (AvgIpc) is 2.65. The van der Waals surface area contributed by atoms with Crippen molar-refractivity contribution in [2.45, 2.75) is 53.2 Å². The maximum Gasteiger partial charge on any atom is 0.261 e. The number of rotatable bonds is 8. The first-order chi connectivity index (χ1) is 13.3. The lowest BCUT2D eigenvalue weighted by molar-refractivity contribution is -0.142. The van der Waals surface area contributed by atoms with Crippen molar-refractivity contribution in [3.8, 4) is 5.75 Å². The van der Waals surface area contributed by atoms with Gasteiger partial charge < -0.3 is 15.0 Å². The number of amides is 2. The zero-order valence-corrected chi connectivity index (χ0v) is 17.4. The summed E-state index contributed by atoms with van der Waals surface area (Å²) in [4.78, 5) is 27.1. The van der Waals surface area contributed by atoms with E-state index in [1.165, 1.54) is 0 Å². The third-order valence-corrected chi connectivity index (χ3v) is 4.64. The Morgan fingerprint density at radius 2 is 1.57 bits per heavy atom. The molecule has 0 fully saturated rings. The number of hydrogen-bond acceptors (Lipinski definition) is 3. The first kappa shape index (κ1) is 21.5. The third-order valence-electron chi connectivity index (χ3n) is 4.64. The van der Waals surface area contributed by atoms with Crippen LogP contribution in [0.5, 0.6) is 5.75 Å². The van der Waals surface area contributed by atoms with Gasteiger partial charge in [-0.1, -0.05) is 42.5 Å². The number of para-hydroxylation sites is 1. The topological polar surface area (TPSA) is 58.6 Å². The highest BCUT2D eigenvalue weighted by atomic mass is 16.5. The Morgan fingerprint density at radius 3 is 2.18 bits per heavy atom. The van der Waals surface area contributed by atoms with E-state index in [-0.39, 0.29) is 24.5 Å². The van der Waals surface area contributed by atoms with E-state index in [0.29, 0.717) is 12.3 Å². The van der Waals surface area contributed by atoms with Gasteiger partial charge in [-0.2, -0.15) is 0 Å². The quantitative estimate of drug-likeness (QED) is 0.759. The van der Waals surface area contributed by atoms with Gasteiger partial charge in [0.2, 0.25) is 5.91 Å². The highest BCUT2D eigenvalue weighted by Crippen LogP contribution is 2.18. The fraction of sp³-hybridized carbons (Fsp3) is 0.391. The van der Waals surface area contributed by atoms with Crippen molar-refractivity contribution in [3.63, 3.8) is 0 Å². The van der Waals surface area contributed by atoms with Crippen molar-refractivity contribution in [2.75, 3.05) is 6.61 Å². The van der Waals surface area contributed by atoms with Gasteiger partial charge in [-0.15, -0.1) is 0 Å². The van der Waals surface area contributed by atoms with Crippen LogP contribution in [0.3, 0.4) is 0 Å². The van der Waals surface area contributed by atoms with Gasteiger partial charge in [0.05, 0.1) is 0 Å². The molecule has 2 aromatic rings. The molecule has 1 atom stereocenters. The summed E-state index contributed by atoms with van der Waals surface area (Å²) in [5, 5.41) is 2.89. The minimum atomic E-state index is -0.602. The first-order valence-corrected chi connectivity index (χ1v) is 9.62. The fourth-order valence-corrected chi connectivity index (χ4v) is 2.90. The van der Waals surface area contributed by atoms with Gasteiger partial charge in [0, 0.05) is 12.6 Å². The summed E-state index contributed by atoms with van der Waals surface area (Å²) >= 11 is 0. The molecule has 0 heterocycles. The van der Waals surface area contributed by atoms with E-state index in [1.807, 2.05) is 76.2 Å². The predicted octanol–water partition coefficient (Wildman–Crippen LogP) is 3.62. The van der Waals surface area contributed by atoms with Crippen LogP contribution in [-0.4, -0.2) is 35.4 Å². The van der Waals surface area contributed by atoms with Crippen molar-refractivity contribution in [3.05, 3.63) is 65.2 Å². The van der Waals surface area contributed by atoms with E-state index in [1.54, 1.807) is 11.8 Å². The van der Waals surface area contributed by atoms with E-state index in [9.17, 15) is 9.59 Å². The number of nitrogens with zero attached hydrogens (tertiary/aromatic N) is 1. The lowest BCUT2D eigenvalue weighted by Crippen LogP contribution is -2.50. The van der Waals surface area contributed by atoms with Gasteiger partial charge in [-0.3, -0.25) is 9.59 Å². The Morgan fingerprint density at radius 1 is 0.964 bits per heavy atom. The molecule has 0 aliphatic carbocycles. The summed E-state index contributed by atoms with van der Waals surface area (Å²) in [5.41, 5.74) is 3.05. The van der Waals surface area contributed by atoms with Crippen LogP contribution in [0.25, 0.3) is 0 Å². The second kappa shape index (κ2) is 9.93. The Bertz CT molecular complexity index is 817. The number of carbonyl (C=O) groups excluding carboxylic acids is 2. The van der Waals surface area contributed by atoms with Crippen LogP contribution in [0.2, 0.25) is 0 Å². The molecule has 0 saturated carbocycles. The van der Waals surface area contributed by atoms with Crippen LogP contribution in [0, 0.1) is 13.8 Å². The molecule has 28 heavy (non-hydrogen) atoms. The monoisotopic (exact) mass is 382 g/mol. The molecule has 0 bridgehead atoms. The van der Waals surface area contributed by atoms with Gasteiger partial charge in [0.15, 0.2) is 6.61 Å². The molecule has 2 amide bonds. The highest BCUT2D eigenvalue weighted by Gasteiger charge is 2.27. The van der Waals surface area contributed by atoms with E-state index >= 15 is 0 Å². The van der Waals surface area contributed by atoms with E-state index in [2.05, 4.69) is 5.32 Å². The number of hydrogen-bond donors (Lipinski definition) is 1. The number of carbonyl (C=O) groups is 2. The third kappa shape index (κ3) is 5.84. The van der Waals surface area contributed by atoms with Crippen LogP contribution in [0.1, 0.15) is 37.5 Å². The molecule has 5 heteroatoms. The zero-order chi connectivity index (χ0) is 20.7. The molecule has 1 unspecified atom stereocenters. The van der Waals surface area contributed by atoms with Gasteiger partial charge in [0.1, 0.15) is 11.8 Å². The normalized spacial score (nSPS) is 11.8. The second-order valence-corrected chi connectivity index (χ2v) is 7.34. The van der Waals surface area contributed by atoms with Crippen LogP contribution in [0.4, 0.5) is 0 Å². The summed E-state index contributed by atoms with van der Waals surface area (Å²) in [6.07, 6.45) is 0. The molecule has 0 aliphatic rings. The van der Waals surface area contributed by atoms with Crippen LogP contribution < -0.4 is 10.1 Å². The molecular weight excluding hydrogens is 352 g/mol. The molecule has 2 aromatic carbocycles. The summed E-state index contributed by atoms with van der Waals surface area (Å²) in [5.74, 6) is 0.275. The molecule has 0 radical (unpaired) electrons. The van der Waals surface area contributed by atoms with Gasteiger partial charge in [0.25, 0.3) is 5.91 Å². The maximum atomic E-state index is 13.0. The Labute approximate surface area is 167 Å². The number of benzene rings is 2. The van der Waals surface area contributed by atoms with Crippen LogP contribution in [0.15, 0.2) is 48.5 Å². The molecular formula is C23H30N2O3. The SMILES string of the molecule is Cc1ccccc1CN(C(=O)COc1ccccc1C)C(C)C(=O)NC(C)C. The van der Waals surface area contributed by atoms with Crippen molar-refractivity contribution in [2.24, 2.45) is 0 Å². The summed E-state index contributed by atoms with van der Waals surface area (Å²) in [6.45, 7) is 9.73. The highest BCUT2D eigenvalue weighted by molar-refractivity contribution is 5.88. The second-order valence-electron chi connectivity index (χ2n) is 7.34. The van der Waals surface area contributed by atoms with Gasteiger partial charge in [-0.25, -0.2) is 0 Å². The maximum absolute atomic E-state index is 13.0. The van der Waals surface area contributed by atoms with E-state index < -0.39 is 6.04 Å². The minimum absolute atomic E-state index is 0.00795. The number of ether oxygens (including phenoxy) is 1. The molecule has 5 nitrogen and oxygen atoms in total. The van der Waals surface area contributed by atoms with Crippen molar-refractivity contribution in [1.29, 1.82) is 0 Å². The van der Waals surface area contributed by atoms with Crippen molar-refractivity contribution < 1.29 is 14.3 Å². The fourth-order valence-electron chi connectivity index (χ4n) is 2.90. The first-order valence-electron chi connectivity index (χ1n) is 9.62. The van der Waals surface area contributed by atoms with Gasteiger partial charge >= 0.3 is 0 Å². The summed E-state index contributed by atoms with van der Waals surface area (Å²) < 4.78 is 5.74. The van der Waals surface area contributed by atoms with Gasteiger partial charge in [-0.05, 0) is 57.4 Å². The number of nitrogens with one attached hydrogen (secondary N) is 1. The minimum Gasteiger partial charge on any atom is -0.484 e. The predicted molar refractivity (Wildman–Crippen MR) is 111 cm³/mol. The number of aryl methyl sites for hydroxylation is 2. The molecule has 0 aliphatic heterocycles. The smallest absolute Gasteiger partial charge is 0.261 e. The van der Waals surface area contributed by atoms with Crippen LogP contribution >= 0.6 is 0 Å². The Balaban J connectivity index is 2.18. The summed E-state index contributed by atoms with van der Waals surface area (Å²) in [7, 11) is 0. The Hall–Kier alpha value is -2.82. The zero-order valence-electron chi connectivity index (χ0n) is 17.4. The Kier molecular flexibility index (Phi) is 7.61. The largest absolute Gasteiger partial charge is 0.484 e.